The van der Waals surface area contributed by atoms with Gasteiger partial charge in [-0.1, -0.05) is 90.1 Å². The van der Waals surface area contributed by atoms with E-state index in [2.05, 4.69) is 83.0 Å². The molecule has 0 saturated carbocycles. The van der Waals surface area contributed by atoms with Crippen molar-refractivity contribution in [2.45, 2.75) is 148 Å². The largest absolute Gasteiger partial charge is 0.456 e. The summed E-state index contributed by atoms with van der Waals surface area (Å²) in [6.45, 7) is 26.2. The van der Waals surface area contributed by atoms with Crippen molar-refractivity contribution in [3.8, 4) is 0 Å². The minimum Gasteiger partial charge on any atom is -0.456 e. The van der Waals surface area contributed by atoms with Gasteiger partial charge in [0, 0.05) is 32.8 Å². The normalized spacial score (nSPS) is 23.2. The van der Waals surface area contributed by atoms with Crippen molar-refractivity contribution in [2.75, 3.05) is 11.9 Å². The Balaban J connectivity index is 1.35. The summed E-state index contributed by atoms with van der Waals surface area (Å²) in [5.41, 5.74) is 0.949. The van der Waals surface area contributed by atoms with Gasteiger partial charge in [0.15, 0.2) is 46.1 Å². The molecule has 3 aromatic carbocycles. The van der Waals surface area contributed by atoms with Crippen LogP contribution in [-0.2, 0) is 42.2 Å². The van der Waals surface area contributed by atoms with Crippen LogP contribution in [0.3, 0.4) is 0 Å². The number of nitrogens with one attached hydrogen (secondary N) is 2. The Hall–Kier alpha value is -4.95. The summed E-state index contributed by atoms with van der Waals surface area (Å²) in [4.78, 5) is 64.7. The van der Waals surface area contributed by atoms with Crippen LogP contribution in [0.2, 0.25) is 36.3 Å². The summed E-state index contributed by atoms with van der Waals surface area (Å²) in [5, 5.41) is 6.77. The molecule has 0 bridgehead atoms. The highest BCUT2D eigenvalue weighted by atomic mass is 28.4. The molecule has 2 N–H and O–H groups in total. The number of fused-ring (bicyclic) bond motifs is 6. The molecule has 63 heavy (non-hydrogen) atoms. The van der Waals surface area contributed by atoms with E-state index >= 15 is 0 Å². The fraction of sp³-hybridized carbons (Fsp3) is 0.522. The van der Waals surface area contributed by atoms with Crippen LogP contribution in [0.1, 0.15) is 98.2 Å². The molecule has 17 heteroatoms. The van der Waals surface area contributed by atoms with Crippen LogP contribution in [0.25, 0.3) is 32.7 Å². The number of nitrogens with zero attached hydrogens (tertiary/aromatic N) is 3. The molecule has 1 fully saturated rings. The number of ether oxygens (including phenoxy) is 4. The fourth-order valence-electron chi connectivity index (χ4n) is 8.10. The number of esters is 3. The van der Waals surface area contributed by atoms with E-state index in [1.165, 1.54) is 20.8 Å². The SMILES string of the molecule is CC(=O)O[C@@H]1[C@@H](OC(C)=O)[C@H](OC(C)=O)c2ccc3ccc4ccccc4c3c2[C@H]1Nc1nc2c(ncn2[C@H]2C[C@H](O[Si](C)(C)C(C)(C)C)[C@@H](CO[Si](C)(C)C(C)(C)C)O2)c(=O)[nH]1. The van der Waals surface area contributed by atoms with Gasteiger partial charge in [-0.2, -0.15) is 4.98 Å². The van der Waals surface area contributed by atoms with E-state index in [0.717, 1.165) is 21.5 Å². The standard InChI is InChI=1S/C46H61N5O10Si2/c1-25(52)57-39-31-21-20-29-19-18-28-16-14-15-17-30(28)35(29)36(31)37(40(58-26(2)53)41(39)59-27(3)54)48-44-49-42-38(43(55)50-44)47-24-51(42)34-22-32(61-63(12,13)46(7,8)9)33(60-34)23-56-62(10,11)45(4,5)6/h14-21,24,32-34,37,39-41H,22-23H2,1-13H3,(H2,48,49,50,55)/t32-,33+,34+,37+,39+,40-,41-/m0/s1. The van der Waals surface area contributed by atoms with Gasteiger partial charge in [0.25, 0.3) is 5.56 Å². The maximum atomic E-state index is 14.0. The molecule has 0 spiro atoms. The van der Waals surface area contributed by atoms with Crippen LogP contribution in [-0.4, -0.2) is 85.1 Å². The highest BCUT2D eigenvalue weighted by Gasteiger charge is 2.51. The maximum Gasteiger partial charge on any atom is 0.303 e. The maximum absolute atomic E-state index is 14.0. The number of carbonyl (C=O) groups is 3. The minimum atomic E-state index is -2.27. The third-order valence-electron chi connectivity index (χ3n) is 13.3. The molecule has 0 amide bonds. The van der Waals surface area contributed by atoms with E-state index in [9.17, 15) is 19.2 Å². The zero-order chi connectivity index (χ0) is 46.0. The first-order chi connectivity index (χ1) is 29.4. The Bertz CT molecular complexity index is 2630. The predicted octanol–water partition coefficient (Wildman–Crippen LogP) is 8.76. The second kappa shape index (κ2) is 16.9. The number of carbonyl (C=O) groups excluding carboxylic acids is 3. The Labute approximate surface area is 369 Å². The van der Waals surface area contributed by atoms with E-state index in [1.54, 1.807) is 10.9 Å². The number of H-pyrrole nitrogens is 1. The average Bonchev–Trinajstić information content (AvgIpc) is 3.78. The Kier molecular flexibility index (Phi) is 12.3. The zero-order valence-electron chi connectivity index (χ0n) is 38.6. The van der Waals surface area contributed by atoms with Gasteiger partial charge < -0.3 is 33.1 Å². The van der Waals surface area contributed by atoms with Gasteiger partial charge in [-0.15, -0.1) is 0 Å². The molecule has 2 aromatic heterocycles. The summed E-state index contributed by atoms with van der Waals surface area (Å²) in [7, 11) is -4.43. The number of hydrogen-bond donors (Lipinski definition) is 2. The fourth-order valence-corrected chi connectivity index (χ4v) is 10.5. The van der Waals surface area contributed by atoms with Gasteiger partial charge in [-0.3, -0.25) is 28.7 Å². The molecule has 5 aromatic rings. The van der Waals surface area contributed by atoms with Crippen molar-refractivity contribution in [1.29, 1.82) is 0 Å². The molecule has 1 saturated heterocycles. The number of imidazole rings is 1. The summed E-state index contributed by atoms with van der Waals surface area (Å²) in [6, 6.07) is 14.5. The second-order valence-electron chi connectivity index (χ2n) is 19.8. The number of aromatic nitrogens is 4. The molecule has 0 unspecified atom stereocenters. The molecule has 3 heterocycles. The molecular formula is C46H61N5O10Si2. The Morgan fingerprint density at radius 1 is 0.841 bits per heavy atom. The summed E-state index contributed by atoms with van der Waals surface area (Å²) in [5.74, 6) is -1.95. The summed E-state index contributed by atoms with van der Waals surface area (Å²) >= 11 is 0. The summed E-state index contributed by atoms with van der Waals surface area (Å²) < 4.78 is 40.1. The third kappa shape index (κ3) is 9.07. The lowest BCUT2D eigenvalue weighted by Gasteiger charge is -2.42. The van der Waals surface area contributed by atoms with Gasteiger partial charge in [0.2, 0.25) is 5.95 Å². The lowest BCUT2D eigenvalue weighted by atomic mass is 9.77. The number of rotatable bonds is 11. The Morgan fingerprint density at radius 3 is 2.11 bits per heavy atom. The topological polar surface area (TPSA) is 182 Å². The van der Waals surface area contributed by atoms with E-state index in [4.69, 9.17) is 32.8 Å². The zero-order valence-corrected chi connectivity index (χ0v) is 40.6. The van der Waals surface area contributed by atoms with Gasteiger partial charge in [-0.05, 0) is 63.4 Å². The first-order valence-electron chi connectivity index (χ1n) is 21.5. The van der Waals surface area contributed by atoms with E-state index in [1.807, 2.05) is 48.5 Å². The lowest BCUT2D eigenvalue weighted by molar-refractivity contribution is -0.187. The second-order valence-corrected chi connectivity index (χ2v) is 29.4. The quantitative estimate of drug-likeness (QED) is 0.0556. The first kappa shape index (κ1) is 46.1. The van der Waals surface area contributed by atoms with Gasteiger partial charge in [0.1, 0.15) is 12.3 Å². The van der Waals surface area contributed by atoms with Gasteiger partial charge in [-0.25, -0.2) is 4.98 Å². The van der Waals surface area contributed by atoms with Crippen molar-refractivity contribution in [1.82, 2.24) is 19.5 Å². The van der Waals surface area contributed by atoms with Crippen LogP contribution in [0.5, 0.6) is 0 Å². The molecule has 15 nitrogen and oxygen atoms in total. The van der Waals surface area contributed by atoms with Crippen molar-refractivity contribution in [3.63, 3.8) is 0 Å². The number of benzene rings is 3. The molecule has 7 atom stereocenters. The smallest absolute Gasteiger partial charge is 0.303 e. The van der Waals surface area contributed by atoms with Crippen molar-refractivity contribution in [2.24, 2.45) is 0 Å². The molecule has 2 aliphatic rings. The van der Waals surface area contributed by atoms with E-state index in [-0.39, 0.29) is 33.3 Å². The molecule has 1 aliphatic heterocycles. The number of anilines is 1. The molecule has 0 radical (unpaired) electrons. The van der Waals surface area contributed by atoms with Crippen LogP contribution in [0.4, 0.5) is 5.95 Å². The minimum absolute atomic E-state index is 0.0119. The highest BCUT2D eigenvalue weighted by Crippen LogP contribution is 2.48. The predicted molar refractivity (Wildman–Crippen MR) is 245 cm³/mol. The first-order valence-corrected chi connectivity index (χ1v) is 27.3. The van der Waals surface area contributed by atoms with Crippen LogP contribution in [0, 0.1) is 0 Å². The van der Waals surface area contributed by atoms with Crippen LogP contribution < -0.4 is 10.9 Å². The number of hydrogen-bond acceptors (Lipinski definition) is 13. The van der Waals surface area contributed by atoms with Crippen LogP contribution in [0.15, 0.2) is 59.7 Å². The Morgan fingerprint density at radius 2 is 1.46 bits per heavy atom. The average molecular weight is 900 g/mol. The summed E-state index contributed by atoms with van der Waals surface area (Å²) in [6.07, 6.45) is -2.99. The van der Waals surface area contributed by atoms with E-state index in [0.29, 0.717) is 24.2 Å². The van der Waals surface area contributed by atoms with Gasteiger partial charge >= 0.3 is 17.9 Å². The lowest BCUT2D eigenvalue weighted by Crippen LogP contribution is -2.50. The molecular weight excluding hydrogens is 839 g/mol. The monoisotopic (exact) mass is 899 g/mol. The van der Waals surface area contributed by atoms with Crippen molar-refractivity contribution < 1.29 is 42.2 Å². The van der Waals surface area contributed by atoms with Crippen molar-refractivity contribution >= 4 is 73.2 Å². The highest BCUT2D eigenvalue weighted by molar-refractivity contribution is 6.74. The molecule has 7 rings (SSSR count). The number of aromatic amines is 1. The van der Waals surface area contributed by atoms with E-state index < -0.39 is 76.8 Å². The van der Waals surface area contributed by atoms with Crippen molar-refractivity contribution in [3.05, 3.63) is 76.3 Å². The van der Waals surface area contributed by atoms with Crippen LogP contribution >= 0.6 is 0 Å². The van der Waals surface area contributed by atoms with Gasteiger partial charge in [0.05, 0.1) is 25.1 Å². The third-order valence-corrected chi connectivity index (χ3v) is 22.3. The molecule has 1 aliphatic carbocycles. The molecule has 338 valence electrons.